The Kier molecular flexibility index (Phi) is 24.0. The fourth-order valence-corrected chi connectivity index (χ4v) is 3.54. The molecular weight excluding hydrogens is 343 g/mol. The third-order valence-electron chi connectivity index (χ3n) is 4.45. The average molecular weight is 387 g/mol. The molecule has 0 aliphatic heterocycles. The van der Waals surface area contributed by atoms with Gasteiger partial charge in [-0.3, -0.25) is 0 Å². The minimum absolute atomic E-state index is 0. The van der Waals surface area contributed by atoms with Crippen molar-refractivity contribution in [3.05, 3.63) is 0 Å². The second kappa shape index (κ2) is 21.8. The molecule has 0 radical (unpaired) electrons. The predicted octanol–water partition coefficient (Wildman–Crippen LogP) is 3.66. The van der Waals surface area contributed by atoms with Gasteiger partial charge in [-0.05, 0) is 12.8 Å². The van der Waals surface area contributed by atoms with Gasteiger partial charge >= 0.3 is 29.3 Å². The first-order valence-electron chi connectivity index (χ1n) is 10.7. The molecule has 0 rings (SSSR count). The summed E-state index contributed by atoms with van der Waals surface area (Å²) in [6, 6.07) is 0. The Hall–Kier alpha value is 0.467. The van der Waals surface area contributed by atoms with Crippen LogP contribution in [0.5, 0.6) is 0 Å². The smallest absolute Gasteiger partial charge is 1.00 e. The normalized spacial score (nSPS) is 11.5. The standard InChI is InChI=1S/C20H42O4S.Li.H/c1-3-5-7-9-11-13-15-17-19-23-25(21,22)24-20-18-16-14-12-10-8-6-4-2;;/h3-20H2,1-2H3;;/q;+1;-1. The molecule has 0 spiro atoms. The zero-order valence-electron chi connectivity index (χ0n) is 18.8. The summed E-state index contributed by atoms with van der Waals surface area (Å²) >= 11 is 0. The summed E-state index contributed by atoms with van der Waals surface area (Å²) < 4.78 is 33.0. The van der Waals surface area contributed by atoms with Gasteiger partial charge < -0.3 is 1.43 Å². The summed E-state index contributed by atoms with van der Waals surface area (Å²) in [4.78, 5) is 0. The summed E-state index contributed by atoms with van der Waals surface area (Å²) in [7, 11) is -3.79. The van der Waals surface area contributed by atoms with Crippen LogP contribution in [0.4, 0.5) is 0 Å². The van der Waals surface area contributed by atoms with Crippen LogP contribution in [0.3, 0.4) is 0 Å². The molecule has 0 amide bonds. The molecule has 154 valence electrons. The molecule has 4 nitrogen and oxygen atoms in total. The molecule has 0 heterocycles. The van der Waals surface area contributed by atoms with Gasteiger partial charge in [0, 0.05) is 0 Å². The third-order valence-corrected chi connectivity index (χ3v) is 5.36. The monoisotopic (exact) mass is 386 g/mol. The quantitative estimate of drug-likeness (QED) is 0.237. The Bertz CT molecular complexity index is 339. The molecule has 0 N–H and O–H groups in total. The van der Waals surface area contributed by atoms with Crippen LogP contribution in [0.15, 0.2) is 0 Å². The molecule has 0 fully saturated rings. The van der Waals surface area contributed by atoms with E-state index in [-0.39, 0.29) is 33.5 Å². The van der Waals surface area contributed by atoms with Gasteiger partial charge in [0.2, 0.25) is 0 Å². The summed E-state index contributed by atoms with van der Waals surface area (Å²) in [5, 5.41) is 0. The van der Waals surface area contributed by atoms with Crippen LogP contribution in [-0.4, -0.2) is 21.6 Å². The summed E-state index contributed by atoms with van der Waals surface area (Å²) in [5.41, 5.74) is 0. The number of unbranched alkanes of at least 4 members (excludes halogenated alkanes) is 14. The Morgan fingerprint density at radius 2 is 0.808 bits per heavy atom. The molecule has 0 aliphatic rings. The Morgan fingerprint density at radius 1 is 0.538 bits per heavy atom. The van der Waals surface area contributed by atoms with Crippen molar-refractivity contribution >= 4 is 10.4 Å². The minimum Gasteiger partial charge on any atom is -1.00 e. The van der Waals surface area contributed by atoms with Crippen molar-refractivity contribution in [2.24, 2.45) is 0 Å². The molecule has 0 aromatic heterocycles. The molecule has 0 bridgehead atoms. The second-order valence-corrected chi connectivity index (χ2v) is 8.29. The summed E-state index contributed by atoms with van der Waals surface area (Å²) in [6.45, 7) is 4.92. The van der Waals surface area contributed by atoms with Crippen molar-refractivity contribution in [2.45, 2.75) is 117 Å². The first kappa shape index (κ1) is 28.7. The van der Waals surface area contributed by atoms with Crippen LogP contribution < -0.4 is 18.9 Å². The van der Waals surface area contributed by atoms with Crippen molar-refractivity contribution in [2.75, 3.05) is 13.2 Å². The van der Waals surface area contributed by atoms with Crippen LogP contribution in [0.25, 0.3) is 0 Å². The van der Waals surface area contributed by atoms with E-state index in [4.69, 9.17) is 8.37 Å². The van der Waals surface area contributed by atoms with Crippen molar-refractivity contribution in [1.82, 2.24) is 0 Å². The maximum absolute atomic E-state index is 11.6. The number of rotatable bonds is 20. The van der Waals surface area contributed by atoms with E-state index in [0.29, 0.717) is 0 Å². The molecule has 26 heavy (non-hydrogen) atoms. The molecule has 0 aliphatic carbocycles. The third kappa shape index (κ3) is 22.5. The van der Waals surface area contributed by atoms with Gasteiger partial charge in [-0.2, -0.15) is 8.42 Å². The van der Waals surface area contributed by atoms with Crippen LogP contribution in [0, 0.1) is 0 Å². The fourth-order valence-electron chi connectivity index (χ4n) is 2.83. The van der Waals surface area contributed by atoms with E-state index in [1.54, 1.807) is 0 Å². The van der Waals surface area contributed by atoms with E-state index in [9.17, 15) is 8.42 Å². The first-order valence-corrected chi connectivity index (χ1v) is 12.0. The van der Waals surface area contributed by atoms with E-state index in [1.807, 2.05) is 0 Å². The summed E-state index contributed by atoms with van der Waals surface area (Å²) in [5.74, 6) is 0. The molecule has 0 aromatic carbocycles. The van der Waals surface area contributed by atoms with E-state index in [1.165, 1.54) is 64.2 Å². The van der Waals surface area contributed by atoms with Crippen molar-refractivity contribution in [3.8, 4) is 0 Å². The topological polar surface area (TPSA) is 52.6 Å². The van der Waals surface area contributed by atoms with E-state index in [0.717, 1.165) is 38.5 Å². The number of hydrogen-bond acceptors (Lipinski definition) is 4. The van der Waals surface area contributed by atoms with E-state index in [2.05, 4.69) is 13.8 Å². The molecule has 0 saturated carbocycles. The second-order valence-electron chi connectivity index (χ2n) is 7.00. The van der Waals surface area contributed by atoms with Gasteiger partial charge in [0.1, 0.15) is 0 Å². The van der Waals surface area contributed by atoms with Gasteiger partial charge in [-0.15, -0.1) is 0 Å². The Labute approximate surface area is 177 Å². The first-order chi connectivity index (χ1) is 12.1. The average Bonchev–Trinajstić information content (AvgIpc) is 2.59. The SMILES string of the molecule is CCCCCCCCCCOS(=O)(=O)OCCCCCCCCCC.[H-].[Li+]. The Balaban J connectivity index is -0.00000288. The largest absolute Gasteiger partial charge is 1.00 e. The molecule has 6 heteroatoms. The molecule has 0 unspecified atom stereocenters. The van der Waals surface area contributed by atoms with Crippen LogP contribution in [0.2, 0.25) is 0 Å². The maximum Gasteiger partial charge on any atom is 1.00 e. The van der Waals surface area contributed by atoms with Crippen molar-refractivity contribution in [1.29, 1.82) is 0 Å². The maximum atomic E-state index is 11.6. The van der Waals surface area contributed by atoms with Crippen molar-refractivity contribution < 1.29 is 37.1 Å². The van der Waals surface area contributed by atoms with Crippen LogP contribution >= 0.6 is 0 Å². The van der Waals surface area contributed by atoms with Gasteiger partial charge in [0.15, 0.2) is 0 Å². The zero-order chi connectivity index (χ0) is 18.6. The van der Waals surface area contributed by atoms with Gasteiger partial charge in [0.25, 0.3) is 0 Å². The van der Waals surface area contributed by atoms with E-state index < -0.39 is 10.4 Å². The summed E-state index contributed by atoms with van der Waals surface area (Å²) in [6.07, 6.45) is 18.8. The fraction of sp³-hybridized carbons (Fsp3) is 1.00. The van der Waals surface area contributed by atoms with Gasteiger partial charge in [-0.1, -0.05) is 104 Å². The Morgan fingerprint density at radius 3 is 1.12 bits per heavy atom. The predicted molar refractivity (Wildman–Crippen MR) is 107 cm³/mol. The number of hydrogen-bond donors (Lipinski definition) is 0. The van der Waals surface area contributed by atoms with Crippen molar-refractivity contribution in [3.63, 3.8) is 0 Å². The zero-order valence-corrected chi connectivity index (χ0v) is 18.6. The van der Waals surface area contributed by atoms with Crippen LogP contribution in [0.1, 0.15) is 118 Å². The molecule has 0 saturated heterocycles. The van der Waals surface area contributed by atoms with E-state index >= 15 is 0 Å². The van der Waals surface area contributed by atoms with Crippen LogP contribution in [-0.2, 0) is 18.8 Å². The van der Waals surface area contributed by atoms with Gasteiger partial charge in [-0.25, -0.2) is 8.37 Å². The van der Waals surface area contributed by atoms with Gasteiger partial charge in [0.05, 0.1) is 13.2 Å². The molecular formula is C20H43LiO4S. The molecule has 0 aromatic rings. The molecule has 0 atom stereocenters. The minimum atomic E-state index is -3.79.